The van der Waals surface area contributed by atoms with Gasteiger partial charge in [-0.25, -0.2) is 0 Å². The highest BCUT2D eigenvalue weighted by Crippen LogP contribution is 2.22. The largest absolute Gasteiger partial charge is 0.455 e. The molecular formula is C5H2F3NOS. The van der Waals surface area contributed by atoms with E-state index >= 15 is 0 Å². The maximum Gasteiger partial charge on any atom is 0.455 e. The van der Waals surface area contributed by atoms with E-state index in [1.54, 1.807) is 0 Å². The summed E-state index contributed by atoms with van der Waals surface area (Å²) in [5.41, 5.74) is -0.303. The molecule has 0 fully saturated rings. The summed E-state index contributed by atoms with van der Waals surface area (Å²) in [6.07, 6.45) is -4.12. The lowest BCUT2D eigenvalue weighted by Gasteiger charge is -2.00. The minimum absolute atomic E-state index is 0.303. The zero-order valence-electron chi connectivity index (χ0n) is 5.97. The highest BCUT2D eigenvalue weighted by molar-refractivity contribution is 7.11. The average molecular weight is 182 g/mol. The second kappa shape index (κ2) is 2.61. The molecule has 0 aliphatic rings. The van der Waals surface area contributed by atoms with Gasteiger partial charge in [-0.15, -0.1) is 11.3 Å². The summed E-state index contributed by atoms with van der Waals surface area (Å²) in [4.78, 5) is 13.1. The molecule has 0 aliphatic heterocycles. The summed E-state index contributed by atoms with van der Waals surface area (Å²) in [7, 11) is 0. The molecule has 1 heterocycles. The van der Waals surface area contributed by atoms with Crippen molar-refractivity contribution < 1.29 is 19.3 Å². The Morgan fingerprint density at radius 3 is 2.73 bits per heavy atom. The van der Waals surface area contributed by atoms with Crippen LogP contribution in [0.25, 0.3) is 0 Å². The Bertz CT molecular complexity index is 308. The predicted octanol–water partition coefficient (Wildman–Crippen LogP) is 1.89. The van der Waals surface area contributed by atoms with Crippen molar-refractivity contribution >= 4 is 17.1 Å². The minimum Gasteiger partial charge on any atom is -0.283 e. The van der Waals surface area contributed by atoms with Crippen LogP contribution in [0.1, 0.15) is 11.0 Å². The van der Waals surface area contributed by atoms with Gasteiger partial charge in [-0.1, -0.05) is 0 Å². The Kier molecular flexibility index (Phi) is 1.61. The number of nitrogens with zero attached hydrogens (tertiary/aromatic N) is 1. The summed E-state index contributed by atoms with van der Waals surface area (Å²) in [6, 6.07) is 0. The van der Waals surface area contributed by atoms with Gasteiger partial charge >= 0.3 is 6.18 Å². The maximum absolute atomic E-state index is 11.7. The van der Waals surface area contributed by atoms with Crippen LogP contribution in [-0.2, 0) is 0 Å². The van der Waals surface area contributed by atoms with Crippen molar-refractivity contribution in [3.8, 4) is 0 Å². The molecule has 0 N–H and O–H groups in total. The number of alkyl halides is 3. The molecule has 0 saturated heterocycles. The van der Waals surface area contributed by atoms with E-state index in [4.69, 9.17) is 1.37 Å². The number of Topliss-reactive ketones (excluding diaryl/α,β-unsaturated/α-hetero) is 1. The number of rotatable bonds is 1. The van der Waals surface area contributed by atoms with E-state index in [0.717, 1.165) is 6.20 Å². The van der Waals surface area contributed by atoms with Crippen LogP contribution in [0.2, 0.25) is 0 Å². The van der Waals surface area contributed by atoms with Crippen molar-refractivity contribution in [3.05, 3.63) is 16.6 Å². The zero-order chi connectivity index (χ0) is 9.35. The van der Waals surface area contributed by atoms with Gasteiger partial charge < -0.3 is 0 Å². The molecule has 2 nitrogen and oxygen atoms in total. The van der Waals surface area contributed by atoms with Gasteiger partial charge in [0.2, 0.25) is 0 Å². The Morgan fingerprint density at radius 2 is 2.36 bits per heavy atom. The second-order valence-corrected chi connectivity index (χ2v) is 2.47. The van der Waals surface area contributed by atoms with E-state index in [9.17, 15) is 18.0 Å². The fraction of sp³-hybridized carbons (Fsp3) is 0.200. The van der Waals surface area contributed by atoms with E-state index < -0.39 is 16.8 Å². The second-order valence-electron chi connectivity index (χ2n) is 1.64. The van der Waals surface area contributed by atoms with Crippen LogP contribution in [0.4, 0.5) is 13.2 Å². The van der Waals surface area contributed by atoms with Crippen molar-refractivity contribution in [2.24, 2.45) is 0 Å². The molecule has 1 aromatic heterocycles. The molecule has 0 amide bonds. The first-order valence-corrected chi connectivity index (χ1v) is 3.27. The number of aromatic nitrogens is 1. The SMILES string of the molecule is [2H]c1ncc(C(=O)C(F)(F)F)s1. The van der Waals surface area contributed by atoms with Crippen LogP contribution in [0.15, 0.2) is 11.7 Å². The van der Waals surface area contributed by atoms with Gasteiger partial charge in [-0.2, -0.15) is 13.2 Å². The average Bonchev–Trinajstić information content (AvgIpc) is 2.32. The van der Waals surface area contributed by atoms with Gasteiger partial charge in [0.1, 0.15) is 0 Å². The molecule has 0 saturated carbocycles. The molecule has 60 valence electrons. The van der Waals surface area contributed by atoms with Crippen LogP contribution in [0.3, 0.4) is 0 Å². The zero-order valence-corrected chi connectivity index (χ0v) is 5.79. The standard InChI is InChI=1S/C5H2F3NOS/c6-5(7,8)4(10)3-1-9-2-11-3/h1-2H/i2D. The molecule has 0 aliphatic carbocycles. The van der Waals surface area contributed by atoms with Crippen LogP contribution in [0, 0.1) is 0 Å². The molecule has 0 radical (unpaired) electrons. The topological polar surface area (TPSA) is 30.0 Å². The summed E-state index contributed by atoms with van der Waals surface area (Å²) < 4.78 is 41.9. The van der Waals surface area contributed by atoms with Gasteiger partial charge in [0, 0.05) is 6.20 Å². The molecule has 6 heteroatoms. The number of ketones is 1. The van der Waals surface area contributed by atoms with Gasteiger partial charge in [0.05, 0.1) is 11.7 Å². The number of hydrogen-bond acceptors (Lipinski definition) is 3. The Balaban J connectivity index is 2.93. The third kappa shape index (κ3) is 1.76. The van der Waals surface area contributed by atoms with Crippen LogP contribution >= 0.6 is 11.3 Å². The molecule has 0 atom stereocenters. The number of hydrogen-bond donors (Lipinski definition) is 0. The lowest BCUT2D eigenvalue weighted by molar-refractivity contribution is -0.0882. The molecule has 1 rings (SSSR count). The van der Waals surface area contributed by atoms with Gasteiger partial charge in [0.25, 0.3) is 5.78 Å². The maximum atomic E-state index is 11.7. The monoisotopic (exact) mass is 182 g/mol. The third-order valence-electron chi connectivity index (χ3n) is 0.871. The lowest BCUT2D eigenvalue weighted by atomic mass is 10.3. The van der Waals surface area contributed by atoms with Gasteiger partial charge in [0.15, 0.2) is 0 Å². The van der Waals surface area contributed by atoms with Crippen LogP contribution in [0.5, 0.6) is 0 Å². The fourth-order valence-corrected chi connectivity index (χ4v) is 0.949. The molecule has 0 aromatic carbocycles. The smallest absolute Gasteiger partial charge is 0.283 e. The number of thiazole rings is 1. The summed E-state index contributed by atoms with van der Waals surface area (Å²) in [5.74, 6) is -1.95. The van der Waals surface area contributed by atoms with Gasteiger partial charge in [-0.05, 0) is 0 Å². The van der Waals surface area contributed by atoms with E-state index in [-0.39, 0.29) is 5.49 Å². The number of carbonyl (C=O) groups excluding carboxylic acids is 1. The molecular weight excluding hydrogens is 179 g/mol. The molecule has 0 spiro atoms. The molecule has 0 unspecified atom stereocenters. The van der Waals surface area contributed by atoms with E-state index in [1.807, 2.05) is 0 Å². The predicted molar refractivity (Wildman–Crippen MR) is 32.5 cm³/mol. The highest BCUT2D eigenvalue weighted by Gasteiger charge is 2.40. The Morgan fingerprint density at radius 1 is 1.73 bits per heavy atom. The normalized spacial score (nSPS) is 12.8. The first-order valence-electron chi connectivity index (χ1n) is 2.95. The number of carbonyl (C=O) groups is 1. The lowest BCUT2D eigenvalue weighted by Crippen LogP contribution is -2.21. The third-order valence-corrected chi connectivity index (χ3v) is 1.58. The number of halogens is 3. The van der Waals surface area contributed by atoms with Crippen molar-refractivity contribution in [1.82, 2.24) is 4.98 Å². The van der Waals surface area contributed by atoms with Crippen molar-refractivity contribution in [2.75, 3.05) is 0 Å². The summed E-state index contributed by atoms with van der Waals surface area (Å²) in [6.45, 7) is 0. The van der Waals surface area contributed by atoms with E-state index in [2.05, 4.69) is 4.98 Å². The fourth-order valence-electron chi connectivity index (χ4n) is 0.432. The van der Waals surface area contributed by atoms with Crippen molar-refractivity contribution in [1.29, 1.82) is 0 Å². The minimum atomic E-state index is -4.88. The first-order chi connectivity index (χ1) is 5.41. The van der Waals surface area contributed by atoms with E-state index in [1.165, 1.54) is 0 Å². The Labute approximate surface area is 65.1 Å². The van der Waals surface area contributed by atoms with Gasteiger partial charge in [-0.3, -0.25) is 9.78 Å². The van der Waals surface area contributed by atoms with Crippen LogP contribution in [-0.4, -0.2) is 16.9 Å². The quantitative estimate of drug-likeness (QED) is 0.621. The molecule has 11 heavy (non-hydrogen) atoms. The summed E-state index contributed by atoms with van der Waals surface area (Å²) >= 11 is 0.409. The first kappa shape index (κ1) is 6.78. The Hall–Kier alpha value is -0.910. The highest BCUT2D eigenvalue weighted by atomic mass is 32.1. The van der Waals surface area contributed by atoms with E-state index in [0.29, 0.717) is 11.3 Å². The van der Waals surface area contributed by atoms with Crippen LogP contribution < -0.4 is 0 Å². The van der Waals surface area contributed by atoms with Crippen molar-refractivity contribution in [3.63, 3.8) is 0 Å². The van der Waals surface area contributed by atoms with Crippen molar-refractivity contribution in [2.45, 2.75) is 6.18 Å². The molecule has 0 bridgehead atoms. The summed E-state index contributed by atoms with van der Waals surface area (Å²) in [5, 5.41) is 0. The molecule has 1 aromatic rings.